The summed E-state index contributed by atoms with van der Waals surface area (Å²) in [6.45, 7) is 5.29. The van der Waals surface area contributed by atoms with Crippen molar-refractivity contribution in [3.8, 4) is 0 Å². The third-order valence-electron chi connectivity index (χ3n) is 1.99. The first-order valence-corrected chi connectivity index (χ1v) is 6.35. The van der Waals surface area contributed by atoms with Gasteiger partial charge in [-0.3, -0.25) is 4.55 Å². The molecule has 0 aromatic carbocycles. The molecular formula is C8H20N2O3S. The van der Waals surface area contributed by atoms with Gasteiger partial charge in [0, 0.05) is 12.6 Å². The second kappa shape index (κ2) is 6.34. The maximum absolute atomic E-state index is 10.3. The highest BCUT2D eigenvalue weighted by atomic mass is 32.2. The number of nitrogens with two attached hydrogens (primary N) is 1. The van der Waals surface area contributed by atoms with E-state index in [0.717, 1.165) is 0 Å². The summed E-state index contributed by atoms with van der Waals surface area (Å²) in [6.07, 6.45) is 0.406. The predicted molar refractivity (Wildman–Crippen MR) is 56.7 cm³/mol. The molecule has 0 bridgehead atoms. The zero-order valence-electron chi connectivity index (χ0n) is 8.73. The van der Waals surface area contributed by atoms with Crippen LogP contribution < -0.4 is 11.1 Å². The highest BCUT2D eigenvalue weighted by Crippen LogP contribution is 1.96. The maximum atomic E-state index is 10.3. The van der Waals surface area contributed by atoms with Crippen LogP contribution in [0.25, 0.3) is 0 Å². The summed E-state index contributed by atoms with van der Waals surface area (Å²) >= 11 is 0. The second-order valence-corrected chi connectivity index (χ2v) is 5.32. The molecule has 0 fully saturated rings. The van der Waals surface area contributed by atoms with Crippen molar-refractivity contribution in [3.63, 3.8) is 0 Å². The summed E-state index contributed by atoms with van der Waals surface area (Å²) in [5, 5.41) is 3.04. The summed E-state index contributed by atoms with van der Waals surface area (Å²) in [5.41, 5.74) is 5.75. The van der Waals surface area contributed by atoms with Gasteiger partial charge in [0.25, 0.3) is 10.1 Å². The van der Waals surface area contributed by atoms with Crippen LogP contribution in [0.4, 0.5) is 0 Å². The van der Waals surface area contributed by atoms with Gasteiger partial charge in [0.1, 0.15) is 0 Å². The molecule has 0 rings (SSSR count). The molecule has 0 unspecified atom stereocenters. The van der Waals surface area contributed by atoms with E-state index >= 15 is 0 Å². The molecule has 0 amide bonds. The quantitative estimate of drug-likeness (QED) is 0.413. The van der Waals surface area contributed by atoms with Crippen molar-refractivity contribution in [1.82, 2.24) is 5.32 Å². The van der Waals surface area contributed by atoms with E-state index in [1.807, 2.05) is 13.8 Å². The number of rotatable bonds is 7. The summed E-state index contributed by atoms with van der Waals surface area (Å²) in [4.78, 5) is 0. The second-order valence-electron chi connectivity index (χ2n) is 3.75. The molecule has 4 N–H and O–H groups in total. The van der Waals surface area contributed by atoms with Gasteiger partial charge in [-0.05, 0) is 18.9 Å². The fourth-order valence-corrected chi connectivity index (χ4v) is 1.39. The summed E-state index contributed by atoms with van der Waals surface area (Å²) in [7, 11) is -3.81. The van der Waals surface area contributed by atoms with Crippen LogP contribution >= 0.6 is 0 Å². The van der Waals surface area contributed by atoms with Gasteiger partial charge in [-0.25, -0.2) is 0 Å². The van der Waals surface area contributed by atoms with Gasteiger partial charge >= 0.3 is 0 Å². The molecule has 1 atom stereocenters. The molecule has 0 aliphatic heterocycles. The Balaban J connectivity index is 3.39. The van der Waals surface area contributed by atoms with E-state index in [2.05, 4.69) is 5.32 Å². The molecule has 0 radical (unpaired) electrons. The minimum Gasteiger partial charge on any atom is -0.326 e. The van der Waals surface area contributed by atoms with Crippen LogP contribution in [0, 0.1) is 5.92 Å². The first-order chi connectivity index (χ1) is 6.33. The Morgan fingerprint density at radius 1 is 1.43 bits per heavy atom. The zero-order valence-corrected chi connectivity index (χ0v) is 9.55. The van der Waals surface area contributed by atoms with Crippen molar-refractivity contribution >= 4 is 10.1 Å². The third-order valence-corrected chi connectivity index (χ3v) is 2.80. The topological polar surface area (TPSA) is 92.4 Å². The molecule has 14 heavy (non-hydrogen) atoms. The molecule has 6 heteroatoms. The minimum absolute atomic E-state index is 0.0840. The summed E-state index contributed by atoms with van der Waals surface area (Å²) in [5.74, 6) is 0.209. The fourth-order valence-electron chi connectivity index (χ4n) is 0.884. The number of hydrogen-bond donors (Lipinski definition) is 3. The van der Waals surface area contributed by atoms with E-state index in [1.54, 1.807) is 0 Å². The molecule has 0 spiro atoms. The van der Waals surface area contributed by atoms with Gasteiger partial charge in [0.2, 0.25) is 0 Å². The van der Waals surface area contributed by atoms with Crippen LogP contribution in [-0.2, 0) is 10.1 Å². The van der Waals surface area contributed by atoms with E-state index in [9.17, 15) is 8.42 Å². The first kappa shape index (κ1) is 13.8. The van der Waals surface area contributed by atoms with Crippen molar-refractivity contribution in [1.29, 1.82) is 0 Å². The Labute approximate surface area is 85.8 Å². The molecule has 0 aromatic rings. The van der Waals surface area contributed by atoms with E-state index in [-0.39, 0.29) is 11.8 Å². The predicted octanol–water partition coefficient (Wildman–Crippen LogP) is -0.163. The van der Waals surface area contributed by atoms with Gasteiger partial charge in [-0.1, -0.05) is 13.8 Å². The van der Waals surface area contributed by atoms with Gasteiger partial charge < -0.3 is 11.1 Å². The molecule has 0 aromatic heterocycles. The van der Waals surface area contributed by atoms with Gasteiger partial charge in [0.15, 0.2) is 0 Å². The van der Waals surface area contributed by atoms with Crippen LogP contribution in [0.5, 0.6) is 0 Å². The van der Waals surface area contributed by atoms with E-state index in [1.165, 1.54) is 0 Å². The van der Waals surface area contributed by atoms with E-state index in [4.69, 9.17) is 10.3 Å². The van der Waals surface area contributed by atoms with Crippen molar-refractivity contribution in [2.75, 3.05) is 18.8 Å². The van der Waals surface area contributed by atoms with Gasteiger partial charge in [-0.15, -0.1) is 0 Å². The lowest BCUT2D eigenvalue weighted by Gasteiger charge is -2.15. The normalized spacial score (nSPS) is 14.6. The van der Waals surface area contributed by atoms with Crippen LogP contribution in [0.3, 0.4) is 0 Å². The Bertz CT molecular complexity index is 239. The Kier molecular flexibility index (Phi) is 6.26. The van der Waals surface area contributed by atoms with Crippen molar-refractivity contribution in [3.05, 3.63) is 0 Å². The van der Waals surface area contributed by atoms with Crippen molar-refractivity contribution in [2.24, 2.45) is 11.7 Å². The minimum atomic E-state index is -3.81. The number of nitrogens with one attached hydrogen (secondary N) is 1. The lowest BCUT2D eigenvalue weighted by atomic mass is 10.1. The highest BCUT2D eigenvalue weighted by molar-refractivity contribution is 7.85. The SMILES string of the molecule is CC(C)[C@H](N)CNCCCS(=O)(=O)O. The van der Waals surface area contributed by atoms with Gasteiger partial charge in [0.05, 0.1) is 5.75 Å². The lowest BCUT2D eigenvalue weighted by Crippen LogP contribution is -2.38. The largest absolute Gasteiger partial charge is 0.326 e. The van der Waals surface area contributed by atoms with Crippen LogP contribution in [0.2, 0.25) is 0 Å². The first-order valence-electron chi connectivity index (χ1n) is 4.74. The van der Waals surface area contributed by atoms with Crippen LogP contribution in [-0.4, -0.2) is 37.9 Å². The zero-order chi connectivity index (χ0) is 11.2. The van der Waals surface area contributed by atoms with Gasteiger partial charge in [-0.2, -0.15) is 8.42 Å². The Morgan fingerprint density at radius 2 is 2.00 bits per heavy atom. The molecule has 86 valence electrons. The monoisotopic (exact) mass is 224 g/mol. The summed E-state index contributed by atoms with van der Waals surface area (Å²) in [6, 6.07) is 0.0840. The number of hydrogen-bond acceptors (Lipinski definition) is 4. The lowest BCUT2D eigenvalue weighted by molar-refractivity contribution is 0.454. The molecule has 0 saturated heterocycles. The van der Waals surface area contributed by atoms with Crippen LogP contribution in [0.15, 0.2) is 0 Å². The molecular weight excluding hydrogens is 204 g/mol. The molecule has 5 nitrogen and oxygen atoms in total. The van der Waals surface area contributed by atoms with Crippen LogP contribution in [0.1, 0.15) is 20.3 Å². The molecule has 0 aliphatic carbocycles. The maximum Gasteiger partial charge on any atom is 0.264 e. The van der Waals surface area contributed by atoms with E-state index in [0.29, 0.717) is 25.4 Å². The third kappa shape index (κ3) is 8.43. The fraction of sp³-hybridized carbons (Fsp3) is 1.00. The average molecular weight is 224 g/mol. The Hall–Kier alpha value is -0.170. The summed E-state index contributed by atoms with van der Waals surface area (Å²) < 4.78 is 29.1. The van der Waals surface area contributed by atoms with Crippen molar-refractivity contribution in [2.45, 2.75) is 26.3 Å². The highest BCUT2D eigenvalue weighted by Gasteiger charge is 2.07. The van der Waals surface area contributed by atoms with E-state index < -0.39 is 10.1 Å². The molecule has 0 heterocycles. The average Bonchev–Trinajstić information content (AvgIpc) is 2.01. The molecule has 0 saturated carbocycles. The smallest absolute Gasteiger partial charge is 0.264 e. The van der Waals surface area contributed by atoms with Crippen molar-refractivity contribution < 1.29 is 13.0 Å². The molecule has 0 aliphatic rings. The Morgan fingerprint density at radius 3 is 2.43 bits per heavy atom. The standard InChI is InChI=1S/C8H20N2O3S/c1-7(2)8(9)6-10-4-3-5-14(11,12)13/h7-8,10H,3-6,9H2,1-2H3,(H,11,12,13)/t8-/m1/s1.